The van der Waals surface area contributed by atoms with Gasteiger partial charge in [0.15, 0.2) is 0 Å². The van der Waals surface area contributed by atoms with Gasteiger partial charge in [-0.05, 0) is 19.8 Å². The van der Waals surface area contributed by atoms with Crippen molar-refractivity contribution in [1.82, 2.24) is 15.3 Å². The van der Waals surface area contributed by atoms with Crippen LogP contribution in [0.3, 0.4) is 0 Å². The van der Waals surface area contributed by atoms with Gasteiger partial charge >= 0.3 is 0 Å². The van der Waals surface area contributed by atoms with Crippen molar-refractivity contribution in [3.8, 4) is 0 Å². The molecule has 0 aromatic carbocycles. The average molecular weight is 334 g/mol. The Labute approximate surface area is 137 Å². The number of carbonyl (C=O) groups is 1. The topological polar surface area (TPSA) is 58.1 Å². The monoisotopic (exact) mass is 334 g/mol. The molecule has 0 atom stereocenters. The van der Waals surface area contributed by atoms with Gasteiger partial charge in [0.1, 0.15) is 5.82 Å². The largest absolute Gasteiger partial charge is 0.354 e. The lowest BCUT2D eigenvalue weighted by molar-refractivity contribution is 0.0941. The van der Waals surface area contributed by atoms with E-state index in [1.54, 1.807) is 11.3 Å². The van der Waals surface area contributed by atoms with Crippen LogP contribution in [0.2, 0.25) is 0 Å². The van der Waals surface area contributed by atoms with E-state index in [0.717, 1.165) is 54.2 Å². The Kier molecular flexibility index (Phi) is 3.69. The van der Waals surface area contributed by atoms with Gasteiger partial charge in [0.05, 0.1) is 10.9 Å². The molecule has 4 rings (SSSR count). The van der Waals surface area contributed by atoms with Gasteiger partial charge < -0.3 is 10.2 Å². The van der Waals surface area contributed by atoms with Crippen LogP contribution in [0.15, 0.2) is 5.38 Å². The first-order chi connectivity index (χ1) is 10.7. The van der Waals surface area contributed by atoms with Crippen LogP contribution in [0.4, 0.5) is 5.82 Å². The summed E-state index contributed by atoms with van der Waals surface area (Å²) in [5.74, 6) is 3.33. The molecule has 1 saturated heterocycles. The maximum Gasteiger partial charge on any atom is 0.289 e. The van der Waals surface area contributed by atoms with Crippen LogP contribution in [0.25, 0.3) is 10.9 Å². The number of hydrogen-bond donors (Lipinski definition) is 1. The van der Waals surface area contributed by atoms with Crippen molar-refractivity contribution in [3.05, 3.63) is 16.1 Å². The van der Waals surface area contributed by atoms with E-state index >= 15 is 0 Å². The smallest absolute Gasteiger partial charge is 0.289 e. The molecule has 22 heavy (non-hydrogen) atoms. The first-order valence-electron chi connectivity index (χ1n) is 7.62. The highest BCUT2D eigenvalue weighted by molar-refractivity contribution is 7.99. The number of amides is 1. The second-order valence-corrected chi connectivity index (χ2v) is 8.08. The Hall–Kier alpha value is -1.34. The molecule has 1 N–H and O–H groups in total. The third kappa shape index (κ3) is 2.67. The number of nitrogens with zero attached hydrogens (tertiary/aromatic N) is 3. The quantitative estimate of drug-likeness (QED) is 0.934. The predicted octanol–water partition coefficient (Wildman–Crippen LogP) is 2.45. The maximum absolute atomic E-state index is 12.3. The highest BCUT2D eigenvalue weighted by atomic mass is 32.2. The second kappa shape index (κ2) is 5.70. The molecule has 0 radical (unpaired) electrons. The first kappa shape index (κ1) is 14.3. The molecule has 2 aromatic heterocycles. The van der Waals surface area contributed by atoms with E-state index in [2.05, 4.69) is 27.1 Å². The lowest BCUT2D eigenvalue weighted by atomic mass is 10.2. The Morgan fingerprint density at radius 2 is 2.09 bits per heavy atom. The first-order valence-corrected chi connectivity index (χ1v) is 9.65. The number of aromatic nitrogens is 2. The summed E-state index contributed by atoms with van der Waals surface area (Å²) < 4.78 is 0. The van der Waals surface area contributed by atoms with E-state index < -0.39 is 0 Å². The summed E-state index contributed by atoms with van der Waals surface area (Å²) in [4.78, 5) is 25.0. The van der Waals surface area contributed by atoms with E-state index in [0.29, 0.717) is 11.9 Å². The molecule has 0 unspecified atom stereocenters. The summed E-state index contributed by atoms with van der Waals surface area (Å²) in [6, 6.07) is 0.325. The van der Waals surface area contributed by atoms with E-state index in [4.69, 9.17) is 0 Å². The predicted molar refractivity (Wildman–Crippen MR) is 92.2 cm³/mol. The highest BCUT2D eigenvalue weighted by Crippen LogP contribution is 2.32. The molecule has 1 amide bonds. The van der Waals surface area contributed by atoms with Crippen LogP contribution in [0, 0.1) is 6.92 Å². The summed E-state index contributed by atoms with van der Waals surface area (Å²) in [6.45, 7) is 4.06. The number of fused-ring (bicyclic) bond motifs is 1. The number of hydrogen-bond acceptors (Lipinski definition) is 6. The van der Waals surface area contributed by atoms with Crippen molar-refractivity contribution in [2.24, 2.45) is 0 Å². The molecule has 2 fully saturated rings. The fraction of sp³-hybridized carbons (Fsp3) is 0.533. The Balaban J connectivity index is 1.76. The summed E-state index contributed by atoms with van der Waals surface area (Å²) in [5.41, 5.74) is 0.895. The van der Waals surface area contributed by atoms with Crippen LogP contribution < -0.4 is 10.2 Å². The number of aryl methyl sites for hydroxylation is 1. The molecule has 2 aromatic rings. The fourth-order valence-electron chi connectivity index (χ4n) is 2.68. The van der Waals surface area contributed by atoms with Gasteiger partial charge in [-0.15, -0.1) is 11.3 Å². The van der Waals surface area contributed by atoms with Gasteiger partial charge in [-0.25, -0.2) is 9.97 Å². The van der Waals surface area contributed by atoms with E-state index in [-0.39, 0.29) is 5.91 Å². The zero-order valence-corrected chi connectivity index (χ0v) is 14.1. The molecule has 2 aliphatic rings. The summed E-state index contributed by atoms with van der Waals surface area (Å²) in [7, 11) is 0. The van der Waals surface area contributed by atoms with Crippen molar-refractivity contribution >= 4 is 45.7 Å². The van der Waals surface area contributed by atoms with E-state index in [1.165, 1.54) is 4.88 Å². The average Bonchev–Trinajstić information content (AvgIpc) is 3.29. The van der Waals surface area contributed by atoms with Crippen molar-refractivity contribution < 1.29 is 4.79 Å². The highest BCUT2D eigenvalue weighted by Gasteiger charge is 2.27. The van der Waals surface area contributed by atoms with Crippen molar-refractivity contribution in [2.75, 3.05) is 29.5 Å². The number of carbonyl (C=O) groups excluding carboxylic acids is 1. The van der Waals surface area contributed by atoms with Gasteiger partial charge in [0.25, 0.3) is 5.91 Å². The molecular formula is C15H18N4OS2. The van der Waals surface area contributed by atoms with Gasteiger partial charge in [-0.2, -0.15) is 11.8 Å². The minimum atomic E-state index is -0.138. The fourth-order valence-corrected chi connectivity index (χ4v) is 4.35. The normalized spacial score (nSPS) is 18.7. The van der Waals surface area contributed by atoms with Crippen LogP contribution in [0.1, 0.15) is 28.3 Å². The van der Waals surface area contributed by atoms with Crippen LogP contribution in [-0.2, 0) is 0 Å². The molecule has 0 spiro atoms. The van der Waals surface area contributed by atoms with Gasteiger partial charge in [0, 0.05) is 40.9 Å². The minimum absolute atomic E-state index is 0.138. The van der Waals surface area contributed by atoms with Crippen LogP contribution in [0.5, 0.6) is 0 Å². The maximum atomic E-state index is 12.3. The summed E-state index contributed by atoms with van der Waals surface area (Å²) in [6.07, 6.45) is 2.14. The van der Waals surface area contributed by atoms with Crippen molar-refractivity contribution in [3.63, 3.8) is 0 Å². The van der Waals surface area contributed by atoms with E-state index in [9.17, 15) is 4.79 Å². The van der Waals surface area contributed by atoms with Crippen LogP contribution >= 0.6 is 23.1 Å². The Morgan fingerprint density at radius 3 is 2.82 bits per heavy atom. The standard InChI is InChI=1S/C15H18N4OS2/c1-9-12-11(8-22-9)17-13(15(20)16-10-2-3-10)18-14(12)19-4-6-21-7-5-19/h8,10H,2-7H2,1H3,(H,16,20). The molecular weight excluding hydrogens is 316 g/mol. The van der Waals surface area contributed by atoms with Gasteiger partial charge in [0.2, 0.25) is 5.82 Å². The molecule has 5 nitrogen and oxygen atoms in total. The molecule has 3 heterocycles. The minimum Gasteiger partial charge on any atom is -0.354 e. The third-order valence-electron chi connectivity index (χ3n) is 4.04. The van der Waals surface area contributed by atoms with Crippen LogP contribution in [-0.4, -0.2) is 46.5 Å². The Morgan fingerprint density at radius 1 is 1.32 bits per heavy atom. The molecule has 7 heteroatoms. The Bertz CT molecular complexity index is 720. The lowest BCUT2D eigenvalue weighted by Gasteiger charge is -2.28. The second-order valence-electron chi connectivity index (χ2n) is 5.77. The molecule has 116 valence electrons. The van der Waals surface area contributed by atoms with E-state index in [1.807, 2.05) is 17.1 Å². The van der Waals surface area contributed by atoms with Gasteiger partial charge in [-0.3, -0.25) is 4.79 Å². The zero-order chi connectivity index (χ0) is 15.1. The summed E-state index contributed by atoms with van der Waals surface area (Å²) >= 11 is 3.65. The van der Waals surface area contributed by atoms with Gasteiger partial charge in [-0.1, -0.05) is 0 Å². The van der Waals surface area contributed by atoms with Crippen molar-refractivity contribution in [2.45, 2.75) is 25.8 Å². The SMILES string of the molecule is Cc1scc2nc(C(=O)NC3CC3)nc(N3CCSCC3)c12. The lowest BCUT2D eigenvalue weighted by Crippen LogP contribution is -2.34. The number of thiophene rings is 1. The third-order valence-corrected chi connectivity index (χ3v) is 5.88. The zero-order valence-electron chi connectivity index (χ0n) is 12.5. The number of thioether (sulfide) groups is 1. The number of nitrogens with one attached hydrogen (secondary N) is 1. The summed E-state index contributed by atoms with van der Waals surface area (Å²) in [5, 5.41) is 6.13. The van der Waals surface area contributed by atoms with Crippen molar-refractivity contribution in [1.29, 1.82) is 0 Å². The molecule has 1 aliphatic carbocycles. The molecule has 1 saturated carbocycles. The number of rotatable bonds is 3. The molecule has 1 aliphatic heterocycles. The number of anilines is 1. The molecule has 0 bridgehead atoms.